The Morgan fingerprint density at radius 3 is 2.33 bits per heavy atom. The largest absolute Gasteiger partial charge is 0.507 e. The molecule has 0 aliphatic carbocycles. The molecule has 1 aromatic carbocycles. The SMILES string of the molecule is CC[C@@H](C(=O)[C@@H](C)[C@@H](O)[C@H](C)CCc1ccc(C)c(O)c1C(=O)O)[C@H]1O[C@](CC)([C@H]2CC[C@@](O)(CC)[C@@H](C)O2)C[C@H]1C. The van der Waals surface area contributed by atoms with Gasteiger partial charge in [-0.3, -0.25) is 4.79 Å². The number of benzene rings is 1. The molecule has 0 bridgehead atoms. The molecule has 8 heteroatoms. The first-order valence-corrected chi connectivity index (χ1v) is 16.0. The maximum atomic E-state index is 13.9. The average Bonchev–Trinajstić information content (AvgIpc) is 3.31. The van der Waals surface area contributed by atoms with Crippen LogP contribution < -0.4 is 0 Å². The fourth-order valence-electron chi connectivity index (χ4n) is 7.45. The molecule has 0 radical (unpaired) electrons. The summed E-state index contributed by atoms with van der Waals surface area (Å²) in [5.41, 5.74) is -0.437. The second kappa shape index (κ2) is 13.7. The van der Waals surface area contributed by atoms with Crippen molar-refractivity contribution in [1.29, 1.82) is 0 Å². The van der Waals surface area contributed by atoms with Crippen molar-refractivity contribution < 1.29 is 39.5 Å². The predicted octanol–water partition coefficient (Wildman–Crippen LogP) is 5.84. The molecule has 3 rings (SSSR count). The van der Waals surface area contributed by atoms with Gasteiger partial charge in [0.2, 0.25) is 0 Å². The maximum absolute atomic E-state index is 13.9. The molecule has 42 heavy (non-hydrogen) atoms. The Hall–Kier alpha value is -2.00. The molecular formula is C34H54O8. The lowest BCUT2D eigenvalue weighted by molar-refractivity contribution is -0.229. The van der Waals surface area contributed by atoms with Crippen molar-refractivity contribution in [3.8, 4) is 5.75 Å². The first-order chi connectivity index (χ1) is 19.7. The highest BCUT2D eigenvalue weighted by molar-refractivity contribution is 5.93. The van der Waals surface area contributed by atoms with E-state index in [0.29, 0.717) is 49.7 Å². The summed E-state index contributed by atoms with van der Waals surface area (Å²) in [4.78, 5) is 25.7. The van der Waals surface area contributed by atoms with Crippen LogP contribution in [0.25, 0.3) is 0 Å². The number of aliphatic hydroxyl groups excluding tert-OH is 1. The Morgan fingerprint density at radius 1 is 1.12 bits per heavy atom. The Bertz CT molecular complexity index is 1100. The summed E-state index contributed by atoms with van der Waals surface area (Å²) >= 11 is 0. The van der Waals surface area contributed by atoms with Gasteiger partial charge in [-0.05, 0) is 88.2 Å². The van der Waals surface area contributed by atoms with Gasteiger partial charge >= 0.3 is 5.97 Å². The molecule has 0 amide bonds. The number of aliphatic hydroxyl groups is 2. The third-order valence-corrected chi connectivity index (χ3v) is 10.7. The lowest BCUT2D eigenvalue weighted by atomic mass is 9.76. The van der Waals surface area contributed by atoms with Crippen molar-refractivity contribution in [2.45, 2.75) is 142 Å². The minimum atomic E-state index is -1.18. The molecule has 238 valence electrons. The number of aryl methyl sites for hydroxylation is 2. The van der Waals surface area contributed by atoms with Crippen LogP contribution in [0, 0.1) is 30.6 Å². The Labute approximate surface area is 251 Å². The van der Waals surface area contributed by atoms with Crippen LogP contribution in [0.5, 0.6) is 5.75 Å². The van der Waals surface area contributed by atoms with Gasteiger partial charge in [0.05, 0.1) is 35.6 Å². The molecule has 0 unspecified atom stereocenters. The number of carbonyl (C=O) groups is 2. The lowest BCUT2D eigenvalue weighted by Crippen LogP contribution is -2.55. The van der Waals surface area contributed by atoms with Crippen molar-refractivity contribution in [1.82, 2.24) is 0 Å². The summed E-state index contributed by atoms with van der Waals surface area (Å²) in [6.07, 6.45) is 3.34. The quantitative estimate of drug-likeness (QED) is 0.225. The fraction of sp³-hybridized carbons (Fsp3) is 0.765. The van der Waals surface area contributed by atoms with Gasteiger partial charge in [0.1, 0.15) is 17.1 Å². The summed E-state index contributed by atoms with van der Waals surface area (Å²) in [5.74, 6) is -2.55. The van der Waals surface area contributed by atoms with Gasteiger partial charge in [-0.1, -0.05) is 53.7 Å². The number of ketones is 1. The molecule has 0 aromatic heterocycles. The first kappa shape index (κ1) is 34.5. The Balaban J connectivity index is 1.69. The van der Waals surface area contributed by atoms with Crippen LogP contribution in [0.15, 0.2) is 12.1 Å². The number of aromatic carboxylic acids is 1. The monoisotopic (exact) mass is 590 g/mol. The third kappa shape index (κ3) is 6.72. The van der Waals surface area contributed by atoms with E-state index in [-0.39, 0.29) is 53.2 Å². The highest BCUT2D eigenvalue weighted by atomic mass is 16.6. The Kier molecular flexibility index (Phi) is 11.3. The van der Waals surface area contributed by atoms with Gasteiger partial charge in [-0.25, -0.2) is 4.79 Å². The summed E-state index contributed by atoms with van der Waals surface area (Å²) in [6, 6.07) is 3.40. The molecule has 0 spiro atoms. The number of rotatable bonds is 13. The van der Waals surface area contributed by atoms with E-state index in [2.05, 4.69) is 13.8 Å². The van der Waals surface area contributed by atoms with Crippen LogP contribution in [-0.2, 0) is 20.7 Å². The normalized spacial score (nSPS) is 32.7. The van der Waals surface area contributed by atoms with Crippen LogP contribution in [0.2, 0.25) is 0 Å². The van der Waals surface area contributed by atoms with Crippen molar-refractivity contribution in [2.24, 2.45) is 23.7 Å². The predicted molar refractivity (Wildman–Crippen MR) is 162 cm³/mol. The average molecular weight is 591 g/mol. The summed E-state index contributed by atoms with van der Waals surface area (Å²) < 4.78 is 13.2. The van der Waals surface area contributed by atoms with Gasteiger partial charge in [-0.15, -0.1) is 0 Å². The molecule has 2 heterocycles. The minimum Gasteiger partial charge on any atom is -0.507 e. The van der Waals surface area contributed by atoms with Crippen molar-refractivity contribution in [3.05, 3.63) is 28.8 Å². The van der Waals surface area contributed by atoms with E-state index in [9.17, 15) is 30.0 Å². The van der Waals surface area contributed by atoms with Gasteiger partial charge < -0.3 is 29.9 Å². The number of Topliss-reactive ketones (excluding diaryl/α,β-unsaturated/α-hetero) is 1. The third-order valence-electron chi connectivity index (χ3n) is 10.7. The van der Waals surface area contributed by atoms with E-state index in [1.165, 1.54) is 0 Å². The summed E-state index contributed by atoms with van der Waals surface area (Å²) in [7, 11) is 0. The van der Waals surface area contributed by atoms with Crippen LogP contribution >= 0.6 is 0 Å². The van der Waals surface area contributed by atoms with Crippen molar-refractivity contribution >= 4 is 11.8 Å². The highest BCUT2D eigenvalue weighted by Crippen LogP contribution is 2.48. The number of carbonyl (C=O) groups excluding carboxylic acids is 1. The molecule has 0 saturated carbocycles. The Morgan fingerprint density at radius 2 is 1.79 bits per heavy atom. The number of hydrogen-bond acceptors (Lipinski definition) is 7. The molecule has 2 aliphatic heterocycles. The summed E-state index contributed by atoms with van der Waals surface area (Å²) in [6.45, 7) is 15.4. The zero-order valence-electron chi connectivity index (χ0n) is 26.9. The number of carboxylic acid groups (broad SMARTS) is 1. The number of carboxylic acids is 1. The van der Waals surface area contributed by atoms with Crippen LogP contribution in [-0.4, -0.2) is 67.8 Å². The topological polar surface area (TPSA) is 134 Å². The standard InChI is InChI=1S/C34H54O8/c1-9-25(31-21(6)18-34(11-3,42-31)26-16-17-33(40,10-2)23(8)41-26)30(37)22(7)28(35)19(4)12-14-24-15-13-20(5)29(36)27(24)32(38)39/h13,15,19,21-23,25-26,28,31,35-36,40H,9-12,14,16-18H2,1-8H3,(H,38,39)/t19-,21-,22+,23-,25+,26-,28+,31+,33+,34+/m1/s1. The van der Waals surface area contributed by atoms with Gasteiger partial charge in [0.25, 0.3) is 0 Å². The van der Waals surface area contributed by atoms with E-state index >= 15 is 0 Å². The van der Waals surface area contributed by atoms with Crippen molar-refractivity contribution in [3.63, 3.8) is 0 Å². The van der Waals surface area contributed by atoms with E-state index in [1.54, 1.807) is 26.0 Å². The molecule has 10 atom stereocenters. The molecule has 2 saturated heterocycles. The van der Waals surface area contributed by atoms with Crippen LogP contribution in [0.4, 0.5) is 0 Å². The number of phenols is 1. The highest BCUT2D eigenvalue weighted by Gasteiger charge is 2.55. The lowest BCUT2D eigenvalue weighted by Gasteiger charge is -2.47. The molecule has 2 fully saturated rings. The van der Waals surface area contributed by atoms with E-state index < -0.39 is 29.2 Å². The van der Waals surface area contributed by atoms with Crippen molar-refractivity contribution in [2.75, 3.05) is 0 Å². The van der Waals surface area contributed by atoms with Crippen LogP contribution in [0.3, 0.4) is 0 Å². The number of hydrogen-bond donors (Lipinski definition) is 4. The number of aromatic hydroxyl groups is 1. The zero-order valence-corrected chi connectivity index (χ0v) is 26.9. The van der Waals surface area contributed by atoms with E-state index in [4.69, 9.17) is 9.47 Å². The van der Waals surface area contributed by atoms with Crippen LogP contribution in [0.1, 0.15) is 115 Å². The molecule has 2 aliphatic rings. The summed E-state index contributed by atoms with van der Waals surface area (Å²) in [5, 5.41) is 42.1. The molecule has 1 aromatic rings. The minimum absolute atomic E-state index is 0.0157. The second-order valence-electron chi connectivity index (χ2n) is 13.2. The van der Waals surface area contributed by atoms with Gasteiger partial charge in [0.15, 0.2) is 0 Å². The maximum Gasteiger partial charge on any atom is 0.339 e. The van der Waals surface area contributed by atoms with E-state index in [0.717, 1.165) is 12.8 Å². The first-order valence-electron chi connectivity index (χ1n) is 16.0. The van der Waals surface area contributed by atoms with Gasteiger partial charge in [-0.2, -0.15) is 0 Å². The smallest absolute Gasteiger partial charge is 0.339 e. The zero-order chi connectivity index (χ0) is 31.6. The second-order valence-corrected chi connectivity index (χ2v) is 13.2. The van der Waals surface area contributed by atoms with Gasteiger partial charge in [0, 0.05) is 11.8 Å². The fourth-order valence-corrected chi connectivity index (χ4v) is 7.45. The van der Waals surface area contributed by atoms with E-state index in [1.807, 2.05) is 27.7 Å². The molecule has 4 N–H and O–H groups in total. The molecular weight excluding hydrogens is 536 g/mol. The molecule has 8 nitrogen and oxygen atoms in total. The number of ether oxygens (including phenoxy) is 2.